The Morgan fingerprint density at radius 3 is 2.83 bits per heavy atom. The van der Waals surface area contributed by atoms with Crippen molar-refractivity contribution in [2.45, 2.75) is 13.8 Å². The van der Waals surface area contributed by atoms with Crippen LogP contribution in [-0.4, -0.2) is 15.2 Å². The van der Waals surface area contributed by atoms with E-state index in [4.69, 9.17) is 12.2 Å². The number of azo groups is 1. The van der Waals surface area contributed by atoms with Gasteiger partial charge in [0.1, 0.15) is 0 Å². The standard InChI is InChI=1S/C17H15BrN4OS/c1-9-4-3-5-13(10(9)2)20-17(24)22-21-15-12-8-11(18)6-7-14(12)19-16(15)23/h3-8,19,23H,1-2H3,(H,20,24). The Morgan fingerprint density at radius 2 is 2.04 bits per heavy atom. The second-order valence-corrected chi connectivity index (χ2v) is 6.69. The van der Waals surface area contributed by atoms with Gasteiger partial charge in [-0.25, -0.2) is 0 Å². The number of H-pyrrole nitrogens is 1. The third-order valence-electron chi connectivity index (χ3n) is 3.80. The first-order valence-corrected chi connectivity index (χ1v) is 8.45. The third-order valence-corrected chi connectivity index (χ3v) is 4.48. The van der Waals surface area contributed by atoms with Gasteiger partial charge in [-0.2, -0.15) is 0 Å². The van der Waals surface area contributed by atoms with Crippen LogP contribution < -0.4 is 5.32 Å². The van der Waals surface area contributed by atoms with E-state index in [2.05, 4.69) is 36.5 Å². The maximum absolute atomic E-state index is 10.0. The van der Waals surface area contributed by atoms with Crippen molar-refractivity contribution in [2.75, 3.05) is 5.32 Å². The van der Waals surface area contributed by atoms with Gasteiger partial charge in [0.25, 0.3) is 0 Å². The molecule has 0 fully saturated rings. The van der Waals surface area contributed by atoms with Gasteiger partial charge >= 0.3 is 0 Å². The van der Waals surface area contributed by atoms with E-state index >= 15 is 0 Å². The van der Waals surface area contributed by atoms with Crippen LogP contribution in [-0.2, 0) is 0 Å². The number of hydrogen-bond donors (Lipinski definition) is 3. The molecule has 7 heteroatoms. The number of benzene rings is 2. The summed E-state index contributed by atoms with van der Waals surface area (Å²) in [5.41, 5.74) is 4.30. The second-order valence-electron chi connectivity index (χ2n) is 5.39. The van der Waals surface area contributed by atoms with E-state index in [-0.39, 0.29) is 11.0 Å². The van der Waals surface area contributed by atoms with Gasteiger partial charge in [0.05, 0.1) is 5.52 Å². The molecule has 3 rings (SSSR count). The number of aryl methyl sites for hydroxylation is 1. The lowest BCUT2D eigenvalue weighted by molar-refractivity contribution is 0.459. The smallest absolute Gasteiger partial charge is 0.218 e. The predicted molar refractivity (Wildman–Crippen MR) is 104 cm³/mol. The number of nitrogens with zero attached hydrogens (tertiary/aromatic N) is 2. The highest BCUT2D eigenvalue weighted by Gasteiger charge is 2.11. The van der Waals surface area contributed by atoms with Gasteiger partial charge in [0.15, 0.2) is 5.69 Å². The molecule has 122 valence electrons. The average molecular weight is 403 g/mol. The number of halogens is 1. The largest absolute Gasteiger partial charge is 0.493 e. The van der Waals surface area contributed by atoms with Crippen LogP contribution in [0.5, 0.6) is 5.88 Å². The summed E-state index contributed by atoms with van der Waals surface area (Å²) in [5.74, 6) is -0.0404. The number of aromatic amines is 1. The van der Waals surface area contributed by atoms with Crippen LogP contribution in [0.25, 0.3) is 10.9 Å². The Labute approximate surface area is 152 Å². The lowest BCUT2D eigenvalue weighted by atomic mass is 10.1. The SMILES string of the molecule is Cc1cccc(NC(=S)N=Nc2c(O)[nH]c3ccc(Br)cc23)c1C. The van der Waals surface area contributed by atoms with Gasteiger partial charge in [-0.3, -0.25) is 0 Å². The van der Waals surface area contributed by atoms with E-state index < -0.39 is 0 Å². The second kappa shape index (κ2) is 6.70. The van der Waals surface area contributed by atoms with Crippen LogP contribution in [0.3, 0.4) is 0 Å². The minimum absolute atomic E-state index is 0.0404. The molecular weight excluding hydrogens is 388 g/mol. The van der Waals surface area contributed by atoms with E-state index in [9.17, 15) is 5.11 Å². The van der Waals surface area contributed by atoms with Crippen molar-refractivity contribution in [1.82, 2.24) is 4.98 Å². The third kappa shape index (κ3) is 3.32. The Hall–Kier alpha value is -2.25. The summed E-state index contributed by atoms with van der Waals surface area (Å²) in [6.07, 6.45) is 0. The molecule has 3 aromatic rings. The molecule has 0 atom stereocenters. The first-order valence-electron chi connectivity index (χ1n) is 7.25. The van der Waals surface area contributed by atoms with Crippen LogP contribution in [0.15, 0.2) is 51.1 Å². The van der Waals surface area contributed by atoms with Crippen LogP contribution in [0.1, 0.15) is 11.1 Å². The molecule has 0 spiro atoms. The molecule has 0 unspecified atom stereocenters. The number of anilines is 1. The molecule has 0 aliphatic carbocycles. The van der Waals surface area contributed by atoms with Crippen molar-refractivity contribution >= 4 is 55.5 Å². The quantitative estimate of drug-likeness (QED) is 0.378. The number of aromatic nitrogens is 1. The first-order chi connectivity index (χ1) is 11.5. The molecule has 0 saturated heterocycles. The van der Waals surface area contributed by atoms with Crippen molar-refractivity contribution in [3.63, 3.8) is 0 Å². The number of thiocarbonyl (C=S) groups is 1. The molecule has 0 aliphatic heterocycles. The van der Waals surface area contributed by atoms with Crippen LogP contribution in [0.4, 0.5) is 11.4 Å². The molecule has 24 heavy (non-hydrogen) atoms. The molecule has 0 aliphatic rings. The highest BCUT2D eigenvalue weighted by molar-refractivity contribution is 9.10. The zero-order valence-electron chi connectivity index (χ0n) is 13.1. The lowest BCUT2D eigenvalue weighted by Gasteiger charge is -2.09. The molecular formula is C17H15BrN4OS. The summed E-state index contributed by atoms with van der Waals surface area (Å²) in [4.78, 5) is 2.86. The number of hydrogen-bond acceptors (Lipinski definition) is 3. The Morgan fingerprint density at radius 1 is 1.25 bits per heavy atom. The van der Waals surface area contributed by atoms with Gasteiger partial charge in [0.2, 0.25) is 11.0 Å². The van der Waals surface area contributed by atoms with E-state index in [1.807, 2.05) is 50.2 Å². The maximum Gasteiger partial charge on any atom is 0.218 e. The maximum atomic E-state index is 10.0. The van der Waals surface area contributed by atoms with Gasteiger partial charge in [0, 0.05) is 15.5 Å². The lowest BCUT2D eigenvalue weighted by Crippen LogP contribution is -2.06. The van der Waals surface area contributed by atoms with Crippen molar-refractivity contribution in [2.24, 2.45) is 10.2 Å². The molecule has 0 radical (unpaired) electrons. The molecule has 3 N–H and O–H groups in total. The minimum atomic E-state index is -0.0404. The highest BCUT2D eigenvalue weighted by Crippen LogP contribution is 2.36. The first kappa shape index (κ1) is 16.6. The highest BCUT2D eigenvalue weighted by atomic mass is 79.9. The minimum Gasteiger partial charge on any atom is -0.493 e. The van der Waals surface area contributed by atoms with Gasteiger partial charge in [-0.05, 0) is 61.5 Å². The molecule has 1 aromatic heterocycles. The van der Waals surface area contributed by atoms with E-state index in [1.54, 1.807) is 0 Å². The van der Waals surface area contributed by atoms with E-state index in [1.165, 1.54) is 5.56 Å². The number of nitrogens with one attached hydrogen (secondary N) is 2. The van der Waals surface area contributed by atoms with Crippen LogP contribution >= 0.6 is 28.1 Å². The summed E-state index contributed by atoms with van der Waals surface area (Å²) in [6.45, 7) is 4.05. The van der Waals surface area contributed by atoms with Crippen LogP contribution in [0.2, 0.25) is 0 Å². The van der Waals surface area contributed by atoms with Crippen molar-refractivity contribution in [1.29, 1.82) is 0 Å². The monoisotopic (exact) mass is 402 g/mol. The van der Waals surface area contributed by atoms with Crippen molar-refractivity contribution < 1.29 is 5.11 Å². The fourth-order valence-electron chi connectivity index (χ4n) is 2.36. The Balaban J connectivity index is 1.85. The fraction of sp³-hybridized carbons (Fsp3) is 0.118. The molecule has 0 bridgehead atoms. The van der Waals surface area contributed by atoms with E-state index in [0.717, 1.165) is 26.6 Å². The average Bonchev–Trinajstić information content (AvgIpc) is 2.84. The molecule has 0 saturated carbocycles. The zero-order chi connectivity index (χ0) is 17.3. The van der Waals surface area contributed by atoms with Gasteiger partial charge in [-0.1, -0.05) is 28.1 Å². The normalized spacial score (nSPS) is 11.3. The van der Waals surface area contributed by atoms with Crippen molar-refractivity contribution in [3.8, 4) is 5.88 Å². The summed E-state index contributed by atoms with van der Waals surface area (Å²) < 4.78 is 0.890. The van der Waals surface area contributed by atoms with E-state index in [0.29, 0.717) is 5.69 Å². The topological polar surface area (TPSA) is 72.8 Å². The molecule has 5 nitrogen and oxygen atoms in total. The molecule has 2 aromatic carbocycles. The molecule has 1 heterocycles. The number of fused-ring (bicyclic) bond motifs is 1. The van der Waals surface area contributed by atoms with Gasteiger partial charge in [-0.15, -0.1) is 10.2 Å². The summed E-state index contributed by atoms with van der Waals surface area (Å²) >= 11 is 8.64. The fourth-order valence-corrected chi connectivity index (χ4v) is 2.87. The zero-order valence-corrected chi connectivity index (χ0v) is 15.5. The summed E-state index contributed by atoms with van der Waals surface area (Å²) in [7, 11) is 0. The number of rotatable bonds is 2. The predicted octanol–water partition coefficient (Wildman–Crippen LogP) is 5.73. The number of aromatic hydroxyl groups is 1. The summed E-state index contributed by atoms with van der Waals surface area (Å²) in [5, 5.41) is 22.2. The summed E-state index contributed by atoms with van der Waals surface area (Å²) in [6, 6.07) is 11.5. The van der Waals surface area contributed by atoms with Crippen LogP contribution in [0, 0.1) is 13.8 Å². The van der Waals surface area contributed by atoms with Crippen molar-refractivity contribution in [3.05, 3.63) is 52.0 Å². The molecule has 0 amide bonds. The Kier molecular flexibility index (Phi) is 4.64. The van der Waals surface area contributed by atoms with Gasteiger partial charge < -0.3 is 15.4 Å². The Bertz CT molecular complexity index is 965.